The fourth-order valence-electron chi connectivity index (χ4n) is 1.99. The number of hydrogen-bond acceptors (Lipinski definition) is 5. The molecule has 0 radical (unpaired) electrons. The molecule has 1 fully saturated rings. The Balaban J connectivity index is 1.70. The highest BCUT2D eigenvalue weighted by atomic mass is 32.1. The quantitative estimate of drug-likeness (QED) is 0.816. The maximum atomic E-state index is 12.1. The first-order chi connectivity index (χ1) is 9.74. The van der Waals surface area contributed by atoms with Crippen molar-refractivity contribution in [2.75, 3.05) is 31.6 Å². The molecule has 0 unspecified atom stereocenters. The van der Waals surface area contributed by atoms with Gasteiger partial charge in [-0.1, -0.05) is 35.7 Å². The largest absolute Gasteiger partial charge is 0.378 e. The number of rotatable bonds is 1. The number of nitrogens with zero attached hydrogens (tertiary/aromatic N) is 2. The molecule has 0 saturated carbocycles. The first-order valence-corrected chi connectivity index (χ1v) is 7.50. The van der Waals surface area contributed by atoms with Gasteiger partial charge in [-0.2, -0.15) is 0 Å². The highest BCUT2D eigenvalue weighted by Crippen LogP contribution is 2.25. The highest BCUT2D eigenvalue weighted by Gasteiger charge is 2.20. The molecule has 1 aliphatic rings. The van der Waals surface area contributed by atoms with Gasteiger partial charge in [0.2, 0.25) is 0 Å². The van der Waals surface area contributed by atoms with E-state index in [0.29, 0.717) is 36.4 Å². The summed E-state index contributed by atoms with van der Waals surface area (Å²) in [4.78, 5) is 18.6. The van der Waals surface area contributed by atoms with Gasteiger partial charge in [0.15, 0.2) is 10.1 Å². The highest BCUT2D eigenvalue weighted by molar-refractivity contribution is 7.82. The zero-order chi connectivity index (χ0) is 13.9. The fourth-order valence-corrected chi connectivity index (χ4v) is 3.08. The van der Waals surface area contributed by atoms with Gasteiger partial charge in [0.25, 0.3) is 5.91 Å². The molecular formula is C13H13N3O2S2. The van der Waals surface area contributed by atoms with E-state index in [-0.39, 0.29) is 5.91 Å². The van der Waals surface area contributed by atoms with Crippen molar-refractivity contribution >= 4 is 49.8 Å². The minimum atomic E-state index is -0.277. The predicted octanol–water partition coefficient (Wildman–Crippen LogP) is 1.89. The van der Waals surface area contributed by atoms with E-state index in [0.717, 1.165) is 10.2 Å². The Bertz CT molecular complexity index is 617. The van der Waals surface area contributed by atoms with Crippen molar-refractivity contribution in [1.82, 2.24) is 9.88 Å². The third kappa shape index (κ3) is 2.79. The monoisotopic (exact) mass is 307 g/mol. The van der Waals surface area contributed by atoms with E-state index in [4.69, 9.17) is 17.0 Å². The smallest absolute Gasteiger partial charge is 0.285 e. The van der Waals surface area contributed by atoms with Gasteiger partial charge in [-0.3, -0.25) is 10.1 Å². The van der Waals surface area contributed by atoms with E-state index in [9.17, 15) is 4.79 Å². The van der Waals surface area contributed by atoms with Crippen LogP contribution in [0.1, 0.15) is 0 Å². The number of nitrogens with one attached hydrogen (secondary N) is 1. The molecule has 1 amide bonds. The maximum Gasteiger partial charge on any atom is 0.285 e. The summed E-state index contributed by atoms with van der Waals surface area (Å²) in [5.74, 6) is -0.277. The van der Waals surface area contributed by atoms with Gasteiger partial charge in [-0.25, -0.2) is 4.98 Å². The van der Waals surface area contributed by atoms with Crippen LogP contribution in [0.2, 0.25) is 0 Å². The number of fused-ring (bicyclic) bond motifs is 1. The first kappa shape index (κ1) is 13.4. The van der Waals surface area contributed by atoms with Crippen molar-refractivity contribution in [2.24, 2.45) is 0 Å². The molecule has 1 saturated heterocycles. The molecule has 2 aromatic rings. The van der Waals surface area contributed by atoms with Crippen LogP contribution in [0.4, 0.5) is 5.13 Å². The normalized spacial score (nSPS) is 15.3. The van der Waals surface area contributed by atoms with Crippen LogP contribution < -0.4 is 5.32 Å². The van der Waals surface area contributed by atoms with E-state index < -0.39 is 0 Å². The zero-order valence-corrected chi connectivity index (χ0v) is 12.3. The average Bonchev–Trinajstić information content (AvgIpc) is 2.89. The third-order valence-corrected chi connectivity index (χ3v) is 4.40. The first-order valence-electron chi connectivity index (χ1n) is 6.27. The van der Waals surface area contributed by atoms with E-state index in [1.807, 2.05) is 29.2 Å². The van der Waals surface area contributed by atoms with Gasteiger partial charge < -0.3 is 9.64 Å². The molecule has 0 aliphatic carbocycles. The molecular weight excluding hydrogens is 294 g/mol. The number of carbonyl (C=O) groups excluding carboxylic acids is 1. The van der Waals surface area contributed by atoms with E-state index in [1.54, 1.807) is 0 Å². The van der Waals surface area contributed by atoms with Crippen molar-refractivity contribution < 1.29 is 9.53 Å². The lowest BCUT2D eigenvalue weighted by atomic mass is 10.3. The lowest BCUT2D eigenvalue weighted by Crippen LogP contribution is -2.44. The summed E-state index contributed by atoms with van der Waals surface area (Å²) in [7, 11) is 0. The van der Waals surface area contributed by atoms with Crippen LogP contribution in [-0.2, 0) is 9.53 Å². The number of thiazole rings is 1. The lowest BCUT2D eigenvalue weighted by Gasteiger charge is -2.28. The van der Waals surface area contributed by atoms with Crippen molar-refractivity contribution in [3.8, 4) is 0 Å². The second-order valence-corrected chi connectivity index (χ2v) is 5.76. The Hall–Kier alpha value is -1.57. The van der Waals surface area contributed by atoms with Crippen molar-refractivity contribution in [3.05, 3.63) is 24.3 Å². The van der Waals surface area contributed by atoms with Gasteiger partial charge in [0.05, 0.1) is 23.4 Å². The van der Waals surface area contributed by atoms with Gasteiger partial charge in [0.1, 0.15) is 0 Å². The van der Waals surface area contributed by atoms with E-state index in [1.165, 1.54) is 11.3 Å². The fraction of sp³-hybridized carbons (Fsp3) is 0.308. The molecule has 1 aliphatic heterocycles. The van der Waals surface area contributed by atoms with Crippen molar-refractivity contribution in [1.29, 1.82) is 0 Å². The molecule has 2 heterocycles. The second-order valence-electron chi connectivity index (χ2n) is 4.35. The summed E-state index contributed by atoms with van der Waals surface area (Å²) in [5.41, 5.74) is 0.880. The van der Waals surface area contributed by atoms with Gasteiger partial charge >= 0.3 is 0 Å². The average molecular weight is 307 g/mol. The number of benzene rings is 1. The summed E-state index contributed by atoms with van der Waals surface area (Å²) >= 11 is 6.66. The summed E-state index contributed by atoms with van der Waals surface area (Å²) in [6, 6.07) is 7.77. The van der Waals surface area contributed by atoms with Crippen molar-refractivity contribution in [3.63, 3.8) is 0 Å². The molecule has 1 aromatic carbocycles. The van der Waals surface area contributed by atoms with Crippen LogP contribution in [0.25, 0.3) is 10.2 Å². The molecule has 0 bridgehead atoms. The molecule has 104 valence electrons. The van der Waals surface area contributed by atoms with Gasteiger partial charge in [0, 0.05) is 13.1 Å². The standard InChI is InChI=1S/C13H13N3O2S2/c17-11(12(19)16-5-7-18-8-6-16)15-13-14-9-3-1-2-4-10(9)20-13/h1-4H,5-8H2,(H,14,15,17). The van der Waals surface area contributed by atoms with Crippen LogP contribution in [-0.4, -0.2) is 47.1 Å². The predicted molar refractivity (Wildman–Crippen MR) is 83.2 cm³/mol. The van der Waals surface area contributed by atoms with E-state index >= 15 is 0 Å². The van der Waals surface area contributed by atoms with Crippen LogP contribution in [0.3, 0.4) is 0 Å². The maximum absolute atomic E-state index is 12.1. The molecule has 0 atom stereocenters. The van der Waals surface area contributed by atoms with Crippen LogP contribution in [0.15, 0.2) is 24.3 Å². The van der Waals surface area contributed by atoms with Crippen LogP contribution in [0.5, 0.6) is 0 Å². The number of anilines is 1. The summed E-state index contributed by atoms with van der Waals surface area (Å²) in [6.07, 6.45) is 0. The van der Waals surface area contributed by atoms with Crippen LogP contribution in [0, 0.1) is 0 Å². The molecule has 7 heteroatoms. The third-order valence-electron chi connectivity index (χ3n) is 3.01. The Kier molecular flexibility index (Phi) is 3.90. The molecule has 1 N–H and O–H groups in total. The molecule has 1 aromatic heterocycles. The Morgan fingerprint density at radius 3 is 2.85 bits per heavy atom. The molecule has 20 heavy (non-hydrogen) atoms. The molecule has 0 spiro atoms. The number of amides is 1. The summed E-state index contributed by atoms with van der Waals surface area (Å²) in [5, 5.41) is 3.35. The van der Waals surface area contributed by atoms with Gasteiger partial charge in [-0.15, -0.1) is 0 Å². The second kappa shape index (κ2) is 5.82. The topological polar surface area (TPSA) is 54.5 Å². The summed E-state index contributed by atoms with van der Waals surface area (Å²) < 4.78 is 6.29. The molecule has 5 nitrogen and oxygen atoms in total. The lowest BCUT2D eigenvalue weighted by molar-refractivity contribution is -0.111. The number of carbonyl (C=O) groups is 1. The Morgan fingerprint density at radius 1 is 1.35 bits per heavy atom. The number of morpholine rings is 1. The number of thiocarbonyl (C=S) groups is 1. The Labute approximate surface area is 125 Å². The van der Waals surface area contributed by atoms with Gasteiger partial charge in [-0.05, 0) is 12.1 Å². The van der Waals surface area contributed by atoms with Crippen LogP contribution >= 0.6 is 23.6 Å². The SMILES string of the molecule is O=C(Nc1nc2ccccc2s1)C(=S)N1CCOCC1. The zero-order valence-electron chi connectivity index (χ0n) is 10.7. The number of para-hydroxylation sites is 1. The van der Waals surface area contributed by atoms with E-state index in [2.05, 4.69) is 10.3 Å². The number of hydrogen-bond donors (Lipinski definition) is 1. The molecule has 3 rings (SSSR count). The number of ether oxygens (including phenoxy) is 1. The minimum absolute atomic E-state index is 0.277. The number of aromatic nitrogens is 1. The summed E-state index contributed by atoms with van der Waals surface area (Å²) in [6.45, 7) is 2.53. The minimum Gasteiger partial charge on any atom is -0.378 e. The van der Waals surface area contributed by atoms with Crippen molar-refractivity contribution in [2.45, 2.75) is 0 Å². The Morgan fingerprint density at radius 2 is 2.10 bits per heavy atom.